The van der Waals surface area contributed by atoms with Gasteiger partial charge in [0.2, 0.25) is 0 Å². The number of anilines is 1. The van der Waals surface area contributed by atoms with E-state index in [0.717, 1.165) is 0 Å². The Morgan fingerprint density at radius 2 is 1.71 bits per heavy atom. The molecule has 2 aromatic carbocycles. The number of aromatic amines is 1. The molecular weight excluding hydrogens is 270 g/mol. The van der Waals surface area contributed by atoms with Gasteiger partial charge in [-0.05, 0) is 12.1 Å². The molecular formula is C15H11N3O3. The Bertz CT molecular complexity index is 915. The third-order valence-corrected chi connectivity index (χ3v) is 3.33. The highest BCUT2D eigenvalue weighted by Crippen LogP contribution is 2.33. The van der Waals surface area contributed by atoms with E-state index in [1.165, 1.54) is 12.1 Å². The molecule has 0 radical (unpaired) electrons. The van der Waals surface area contributed by atoms with Crippen LogP contribution in [0.5, 0.6) is 0 Å². The molecule has 0 aliphatic heterocycles. The summed E-state index contributed by atoms with van der Waals surface area (Å²) in [6, 6.07) is 13.1. The van der Waals surface area contributed by atoms with Crippen molar-refractivity contribution in [1.82, 2.24) is 4.98 Å². The van der Waals surface area contributed by atoms with Crippen LogP contribution in [-0.4, -0.2) is 9.91 Å². The normalized spacial score (nSPS) is 10.7. The molecule has 21 heavy (non-hydrogen) atoms. The van der Waals surface area contributed by atoms with Gasteiger partial charge < -0.3 is 10.7 Å². The number of nitro benzene ring substituents is 1. The summed E-state index contributed by atoms with van der Waals surface area (Å²) >= 11 is 0. The first-order valence-corrected chi connectivity index (χ1v) is 6.24. The maximum Gasteiger partial charge on any atom is 0.277 e. The van der Waals surface area contributed by atoms with Crippen LogP contribution in [-0.2, 0) is 0 Å². The fourth-order valence-electron chi connectivity index (χ4n) is 2.38. The average Bonchev–Trinajstić information content (AvgIpc) is 2.47. The Morgan fingerprint density at radius 1 is 1.05 bits per heavy atom. The van der Waals surface area contributed by atoms with E-state index >= 15 is 0 Å². The van der Waals surface area contributed by atoms with Crippen LogP contribution in [0.3, 0.4) is 0 Å². The van der Waals surface area contributed by atoms with Gasteiger partial charge in [0.05, 0.1) is 27.3 Å². The first-order valence-electron chi connectivity index (χ1n) is 6.24. The molecule has 0 fully saturated rings. The number of aromatic nitrogens is 1. The summed E-state index contributed by atoms with van der Waals surface area (Å²) in [6.07, 6.45) is 0. The van der Waals surface area contributed by atoms with Gasteiger partial charge in [-0.1, -0.05) is 30.3 Å². The van der Waals surface area contributed by atoms with E-state index in [0.29, 0.717) is 10.9 Å². The second-order valence-corrected chi connectivity index (χ2v) is 4.56. The Balaban J connectivity index is 2.41. The number of benzene rings is 2. The smallest absolute Gasteiger partial charge is 0.277 e. The van der Waals surface area contributed by atoms with Crippen LogP contribution < -0.4 is 11.3 Å². The molecule has 0 unspecified atom stereocenters. The van der Waals surface area contributed by atoms with Crippen molar-refractivity contribution in [2.24, 2.45) is 0 Å². The maximum absolute atomic E-state index is 12.3. The van der Waals surface area contributed by atoms with Crippen LogP contribution in [0.15, 0.2) is 53.3 Å². The number of hydrogen-bond acceptors (Lipinski definition) is 4. The number of H-pyrrole nitrogens is 1. The molecule has 0 saturated heterocycles. The van der Waals surface area contributed by atoms with Gasteiger partial charge in [0.15, 0.2) is 0 Å². The zero-order chi connectivity index (χ0) is 15.0. The maximum atomic E-state index is 12.3. The molecule has 0 aliphatic carbocycles. The van der Waals surface area contributed by atoms with Gasteiger partial charge in [0.1, 0.15) is 0 Å². The van der Waals surface area contributed by atoms with Gasteiger partial charge in [0, 0.05) is 11.5 Å². The van der Waals surface area contributed by atoms with E-state index in [4.69, 9.17) is 5.73 Å². The van der Waals surface area contributed by atoms with Crippen LogP contribution >= 0.6 is 0 Å². The molecule has 3 aromatic rings. The van der Waals surface area contributed by atoms with Crippen LogP contribution in [0.2, 0.25) is 0 Å². The molecule has 0 aliphatic rings. The van der Waals surface area contributed by atoms with Crippen molar-refractivity contribution in [2.45, 2.75) is 0 Å². The Morgan fingerprint density at radius 3 is 2.48 bits per heavy atom. The van der Waals surface area contributed by atoms with Gasteiger partial charge in [-0.15, -0.1) is 0 Å². The van der Waals surface area contributed by atoms with E-state index in [2.05, 4.69) is 4.98 Å². The van der Waals surface area contributed by atoms with Gasteiger partial charge in [-0.2, -0.15) is 0 Å². The van der Waals surface area contributed by atoms with Crippen molar-refractivity contribution in [1.29, 1.82) is 0 Å². The zero-order valence-electron chi connectivity index (χ0n) is 10.9. The molecule has 3 N–H and O–H groups in total. The molecule has 0 bridgehead atoms. The standard InChI is InChI=1S/C15H11N3O3/c16-14-9-5-1-3-7-11(9)17-15(19)13(14)10-6-2-4-8-12(10)18(20)21/h1-8H,(H3,16,17,19). The summed E-state index contributed by atoms with van der Waals surface area (Å²) in [5.74, 6) is 0. The summed E-state index contributed by atoms with van der Waals surface area (Å²) in [7, 11) is 0. The summed E-state index contributed by atoms with van der Waals surface area (Å²) in [5.41, 5.74) is 6.67. The summed E-state index contributed by atoms with van der Waals surface area (Å²) in [4.78, 5) is 25.6. The number of hydrogen-bond donors (Lipinski definition) is 2. The summed E-state index contributed by atoms with van der Waals surface area (Å²) in [5, 5.41) is 11.8. The van der Waals surface area contributed by atoms with Crippen LogP contribution in [0.1, 0.15) is 0 Å². The predicted molar refractivity (Wildman–Crippen MR) is 81.1 cm³/mol. The molecule has 0 saturated carbocycles. The van der Waals surface area contributed by atoms with E-state index in [1.807, 2.05) is 0 Å². The molecule has 1 aromatic heterocycles. The molecule has 6 nitrogen and oxygen atoms in total. The molecule has 0 amide bonds. The van der Waals surface area contributed by atoms with Crippen LogP contribution in [0.25, 0.3) is 22.0 Å². The lowest BCUT2D eigenvalue weighted by Gasteiger charge is -2.09. The Hall–Kier alpha value is -3.15. The number of rotatable bonds is 2. The number of pyridine rings is 1. The summed E-state index contributed by atoms with van der Waals surface area (Å²) in [6.45, 7) is 0. The summed E-state index contributed by atoms with van der Waals surface area (Å²) < 4.78 is 0. The second kappa shape index (κ2) is 4.75. The number of nitrogens with two attached hydrogens (primary N) is 1. The third kappa shape index (κ3) is 2.02. The van der Waals surface area contributed by atoms with E-state index in [-0.39, 0.29) is 22.5 Å². The number of para-hydroxylation sites is 2. The number of nitrogens with one attached hydrogen (secondary N) is 1. The van der Waals surface area contributed by atoms with E-state index in [9.17, 15) is 14.9 Å². The van der Waals surface area contributed by atoms with Crippen molar-refractivity contribution in [2.75, 3.05) is 5.73 Å². The van der Waals surface area contributed by atoms with Crippen molar-refractivity contribution < 1.29 is 4.92 Å². The monoisotopic (exact) mass is 281 g/mol. The van der Waals surface area contributed by atoms with E-state index in [1.54, 1.807) is 36.4 Å². The number of nitrogen functional groups attached to an aromatic ring is 1. The largest absolute Gasteiger partial charge is 0.398 e. The lowest BCUT2D eigenvalue weighted by Crippen LogP contribution is -2.13. The number of fused-ring (bicyclic) bond motifs is 1. The van der Waals surface area contributed by atoms with Gasteiger partial charge in [-0.3, -0.25) is 14.9 Å². The molecule has 6 heteroatoms. The number of nitrogens with zero attached hydrogens (tertiary/aromatic N) is 1. The minimum absolute atomic E-state index is 0.126. The average molecular weight is 281 g/mol. The van der Waals surface area contributed by atoms with Crippen molar-refractivity contribution >= 4 is 22.3 Å². The first-order chi connectivity index (χ1) is 10.1. The number of nitro groups is 1. The zero-order valence-corrected chi connectivity index (χ0v) is 10.9. The SMILES string of the molecule is Nc1c(-c2ccccc2[N+](=O)[O-])c(=O)[nH]c2ccccc12. The third-order valence-electron chi connectivity index (χ3n) is 3.33. The molecule has 3 rings (SSSR count). The van der Waals surface area contributed by atoms with Crippen LogP contribution in [0.4, 0.5) is 11.4 Å². The highest BCUT2D eigenvalue weighted by Gasteiger charge is 2.20. The molecule has 1 heterocycles. The Labute approximate surface area is 119 Å². The van der Waals surface area contributed by atoms with Gasteiger partial charge >= 0.3 is 0 Å². The topological polar surface area (TPSA) is 102 Å². The fraction of sp³-hybridized carbons (Fsp3) is 0. The lowest BCUT2D eigenvalue weighted by atomic mass is 10.0. The van der Waals surface area contributed by atoms with Crippen molar-refractivity contribution in [3.63, 3.8) is 0 Å². The molecule has 104 valence electrons. The van der Waals surface area contributed by atoms with Crippen molar-refractivity contribution in [3.8, 4) is 11.1 Å². The highest BCUT2D eigenvalue weighted by molar-refractivity contribution is 5.99. The minimum atomic E-state index is -0.524. The van der Waals surface area contributed by atoms with Crippen LogP contribution in [0, 0.1) is 10.1 Å². The first kappa shape index (κ1) is 12.9. The lowest BCUT2D eigenvalue weighted by molar-refractivity contribution is -0.384. The second-order valence-electron chi connectivity index (χ2n) is 4.56. The predicted octanol–water partition coefficient (Wildman–Crippen LogP) is 2.69. The molecule has 0 atom stereocenters. The quantitative estimate of drug-likeness (QED) is 0.556. The van der Waals surface area contributed by atoms with E-state index < -0.39 is 10.5 Å². The van der Waals surface area contributed by atoms with Gasteiger partial charge in [0.25, 0.3) is 11.2 Å². The van der Waals surface area contributed by atoms with Gasteiger partial charge in [-0.25, -0.2) is 0 Å². The van der Waals surface area contributed by atoms with Crippen molar-refractivity contribution in [3.05, 3.63) is 69.0 Å². The fourth-order valence-corrected chi connectivity index (χ4v) is 2.38. The minimum Gasteiger partial charge on any atom is -0.398 e. The molecule has 0 spiro atoms. The highest BCUT2D eigenvalue weighted by atomic mass is 16.6. The Kier molecular flexibility index (Phi) is 2.91.